The van der Waals surface area contributed by atoms with Crippen molar-refractivity contribution < 1.29 is 18.8 Å². The summed E-state index contributed by atoms with van der Waals surface area (Å²) in [6.07, 6.45) is 4.86. The van der Waals surface area contributed by atoms with Gasteiger partial charge in [0.2, 0.25) is 11.8 Å². The number of benzene rings is 2. The Morgan fingerprint density at radius 2 is 1.86 bits per heavy atom. The van der Waals surface area contributed by atoms with Gasteiger partial charge in [-0.2, -0.15) is 0 Å². The van der Waals surface area contributed by atoms with Crippen LogP contribution in [0.1, 0.15) is 41.4 Å². The number of para-hydroxylation sites is 1. The van der Waals surface area contributed by atoms with Gasteiger partial charge in [-0.15, -0.1) is 11.3 Å². The molecule has 0 unspecified atom stereocenters. The van der Waals surface area contributed by atoms with Crippen molar-refractivity contribution >= 4 is 51.6 Å². The molecule has 7 nitrogen and oxygen atoms in total. The maximum absolute atomic E-state index is 14.2. The second kappa shape index (κ2) is 10.6. The summed E-state index contributed by atoms with van der Waals surface area (Å²) in [5.41, 5.74) is 2.42. The molecule has 0 bridgehead atoms. The van der Waals surface area contributed by atoms with E-state index in [1.54, 1.807) is 35.7 Å². The van der Waals surface area contributed by atoms with E-state index >= 15 is 0 Å². The van der Waals surface area contributed by atoms with Crippen LogP contribution >= 0.6 is 11.3 Å². The van der Waals surface area contributed by atoms with Crippen LogP contribution in [-0.4, -0.2) is 40.7 Å². The second-order valence-electron chi connectivity index (χ2n) is 8.16. The topological polar surface area (TPSA) is 82.6 Å². The summed E-state index contributed by atoms with van der Waals surface area (Å²) in [5.74, 6) is -1.32. The minimum atomic E-state index is -0.532. The van der Waals surface area contributed by atoms with Crippen LogP contribution in [-0.2, 0) is 9.59 Å². The summed E-state index contributed by atoms with van der Waals surface area (Å²) in [5, 5.41) is 4.79. The van der Waals surface area contributed by atoms with Gasteiger partial charge in [0.1, 0.15) is 5.82 Å². The van der Waals surface area contributed by atoms with Gasteiger partial charge in [-0.1, -0.05) is 18.2 Å². The van der Waals surface area contributed by atoms with E-state index in [1.807, 2.05) is 11.8 Å². The van der Waals surface area contributed by atoms with Crippen LogP contribution in [0.5, 0.6) is 0 Å². The molecule has 2 heterocycles. The minimum absolute atomic E-state index is 0.0217. The van der Waals surface area contributed by atoms with Crippen molar-refractivity contribution in [3.8, 4) is 0 Å². The summed E-state index contributed by atoms with van der Waals surface area (Å²) in [6, 6.07) is 11.2. The number of rotatable bonds is 6. The smallest absolute Gasteiger partial charge is 0.254 e. The average Bonchev–Trinajstić information content (AvgIpc) is 3.53. The third-order valence-electron chi connectivity index (χ3n) is 5.73. The molecular weight excluding hydrogens is 467 g/mol. The SMILES string of the molecule is CC(=O)N(c1nc(/C=C/C(=O)Nc2cccc(C(=O)N3CCCC3)c2C)cs1)c1ccccc1F. The minimum Gasteiger partial charge on any atom is -0.339 e. The first kappa shape index (κ1) is 24.3. The number of halogens is 1. The lowest BCUT2D eigenvalue weighted by molar-refractivity contribution is -0.116. The number of aromatic nitrogens is 1. The van der Waals surface area contributed by atoms with E-state index in [4.69, 9.17) is 0 Å². The predicted molar refractivity (Wildman–Crippen MR) is 135 cm³/mol. The number of nitrogens with zero attached hydrogens (tertiary/aromatic N) is 3. The summed E-state index contributed by atoms with van der Waals surface area (Å²) < 4.78 is 14.2. The Labute approximate surface area is 206 Å². The first-order chi connectivity index (χ1) is 16.8. The lowest BCUT2D eigenvalue weighted by atomic mass is 10.1. The summed E-state index contributed by atoms with van der Waals surface area (Å²) >= 11 is 1.17. The van der Waals surface area contributed by atoms with Crippen LogP contribution in [0.4, 0.5) is 20.9 Å². The zero-order chi connectivity index (χ0) is 24.9. The fourth-order valence-corrected chi connectivity index (χ4v) is 4.77. The molecule has 2 aromatic carbocycles. The van der Waals surface area contributed by atoms with Crippen LogP contribution in [0.15, 0.2) is 53.9 Å². The van der Waals surface area contributed by atoms with Crippen molar-refractivity contribution in [1.82, 2.24) is 9.88 Å². The third kappa shape index (κ3) is 5.46. The van der Waals surface area contributed by atoms with E-state index in [0.717, 1.165) is 25.9 Å². The largest absolute Gasteiger partial charge is 0.339 e. The van der Waals surface area contributed by atoms with Crippen molar-refractivity contribution in [2.24, 2.45) is 0 Å². The Balaban J connectivity index is 1.47. The van der Waals surface area contributed by atoms with E-state index in [9.17, 15) is 18.8 Å². The highest BCUT2D eigenvalue weighted by Gasteiger charge is 2.22. The number of carbonyl (C=O) groups is 3. The van der Waals surface area contributed by atoms with Crippen LogP contribution < -0.4 is 10.2 Å². The van der Waals surface area contributed by atoms with E-state index < -0.39 is 5.82 Å². The van der Waals surface area contributed by atoms with Crippen LogP contribution in [0.3, 0.4) is 0 Å². The molecule has 3 amide bonds. The molecule has 1 N–H and O–H groups in total. The Bertz CT molecular complexity index is 1300. The van der Waals surface area contributed by atoms with Crippen molar-refractivity contribution in [2.75, 3.05) is 23.3 Å². The number of thiazole rings is 1. The molecule has 0 atom stereocenters. The van der Waals surface area contributed by atoms with Gasteiger partial charge in [-0.05, 0) is 55.7 Å². The number of anilines is 3. The van der Waals surface area contributed by atoms with Gasteiger partial charge in [0, 0.05) is 42.7 Å². The molecule has 0 spiro atoms. The van der Waals surface area contributed by atoms with Crippen molar-refractivity contribution in [3.63, 3.8) is 0 Å². The van der Waals surface area contributed by atoms with E-state index in [-0.39, 0.29) is 23.4 Å². The number of amides is 3. The molecule has 180 valence electrons. The fraction of sp³-hybridized carbons (Fsp3) is 0.231. The Hall–Kier alpha value is -3.85. The maximum atomic E-state index is 14.2. The average molecular weight is 493 g/mol. The van der Waals surface area contributed by atoms with Crippen LogP contribution in [0.2, 0.25) is 0 Å². The molecule has 1 fully saturated rings. The second-order valence-corrected chi connectivity index (χ2v) is 9.00. The number of nitrogens with one attached hydrogen (secondary N) is 1. The highest BCUT2D eigenvalue weighted by molar-refractivity contribution is 7.14. The molecule has 1 aliphatic heterocycles. The molecule has 4 rings (SSSR count). The summed E-state index contributed by atoms with van der Waals surface area (Å²) in [7, 11) is 0. The number of hydrogen-bond donors (Lipinski definition) is 1. The van der Waals surface area contributed by atoms with Crippen molar-refractivity contribution in [3.05, 3.63) is 76.6 Å². The zero-order valence-corrected chi connectivity index (χ0v) is 20.3. The first-order valence-electron chi connectivity index (χ1n) is 11.2. The number of carbonyl (C=O) groups excluding carboxylic acids is 3. The predicted octanol–water partition coefficient (Wildman–Crippen LogP) is 5.16. The molecule has 9 heteroatoms. The number of hydrogen-bond acceptors (Lipinski definition) is 5. The monoisotopic (exact) mass is 492 g/mol. The lowest BCUT2D eigenvalue weighted by Crippen LogP contribution is -2.28. The van der Waals surface area contributed by atoms with E-state index in [0.29, 0.717) is 27.6 Å². The molecule has 1 aliphatic rings. The Morgan fingerprint density at radius 3 is 2.57 bits per heavy atom. The van der Waals surface area contributed by atoms with Gasteiger partial charge in [0.15, 0.2) is 5.13 Å². The van der Waals surface area contributed by atoms with Crippen molar-refractivity contribution in [1.29, 1.82) is 0 Å². The Morgan fingerprint density at radius 1 is 1.11 bits per heavy atom. The molecule has 1 aromatic heterocycles. The van der Waals surface area contributed by atoms with Crippen LogP contribution in [0, 0.1) is 12.7 Å². The highest BCUT2D eigenvalue weighted by atomic mass is 32.1. The van der Waals surface area contributed by atoms with Gasteiger partial charge in [0.25, 0.3) is 5.91 Å². The number of likely N-dealkylation sites (tertiary alicyclic amines) is 1. The maximum Gasteiger partial charge on any atom is 0.254 e. The van der Waals surface area contributed by atoms with E-state index in [1.165, 1.54) is 47.4 Å². The zero-order valence-electron chi connectivity index (χ0n) is 19.5. The molecule has 35 heavy (non-hydrogen) atoms. The van der Waals surface area contributed by atoms with E-state index in [2.05, 4.69) is 10.3 Å². The quantitative estimate of drug-likeness (QED) is 0.482. The molecule has 0 saturated carbocycles. The van der Waals surface area contributed by atoms with Gasteiger partial charge < -0.3 is 10.2 Å². The lowest BCUT2D eigenvalue weighted by Gasteiger charge is -2.18. The fourth-order valence-electron chi connectivity index (χ4n) is 3.92. The molecule has 1 saturated heterocycles. The summed E-state index contributed by atoms with van der Waals surface area (Å²) in [6.45, 7) is 4.66. The normalized spacial score (nSPS) is 13.3. The van der Waals surface area contributed by atoms with Gasteiger partial charge in [-0.3, -0.25) is 19.3 Å². The molecule has 3 aromatic rings. The molecular formula is C26H25FN4O3S. The molecule has 0 aliphatic carbocycles. The van der Waals surface area contributed by atoms with Gasteiger partial charge in [0.05, 0.1) is 11.4 Å². The van der Waals surface area contributed by atoms with Gasteiger partial charge >= 0.3 is 0 Å². The molecule has 0 radical (unpaired) electrons. The van der Waals surface area contributed by atoms with Crippen LogP contribution in [0.25, 0.3) is 6.08 Å². The van der Waals surface area contributed by atoms with Crippen molar-refractivity contribution in [2.45, 2.75) is 26.7 Å². The standard InChI is InChI=1S/C26H25FN4O3S/c1-17-20(25(34)30-14-5-6-15-30)8-7-10-22(17)29-24(33)13-12-19-16-35-26(28-19)31(18(2)32)23-11-4-3-9-21(23)27/h3-4,7-13,16H,5-6,14-15H2,1-2H3,(H,29,33)/b13-12+. The first-order valence-corrected chi connectivity index (χ1v) is 12.1. The summed E-state index contributed by atoms with van der Waals surface area (Å²) in [4.78, 5) is 44.9. The van der Waals surface area contributed by atoms with Gasteiger partial charge in [-0.25, -0.2) is 9.37 Å². The Kier molecular flexibility index (Phi) is 7.36. The highest BCUT2D eigenvalue weighted by Crippen LogP contribution is 2.31. The third-order valence-corrected chi connectivity index (χ3v) is 6.57.